The molecule has 4 rings (SSSR count). The molecule has 1 saturated heterocycles. The zero-order valence-corrected chi connectivity index (χ0v) is 18.8. The minimum Gasteiger partial charge on any atom is -0.326 e. The Bertz CT molecular complexity index is 1240. The Morgan fingerprint density at radius 3 is 2.56 bits per heavy atom. The van der Waals surface area contributed by atoms with Crippen molar-refractivity contribution in [2.75, 3.05) is 10.0 Å². The quantitative estimate of drug-likeness (QED) is 0.469. The Labute approximate surface area is 192 Å². The van der Waals surface area contributed by atoms with Crippen molar-refractivity contribution in [3.8, 4) is 0 Å². The number of nitrogens with zero attached hydrogens (tertiary/aromatic N) is 2. The van der Waals surface area contributed by atoms with Gasteiger partial charge in [-0.15, -0.1) is 11.3 Å². The largest absolute Gasteiger partial charge is 0.326 e. The second-order valence-electron chi connectivity index (χ2n) is 6.57. The standard InChI is InChI=1S/C20H17N5O4S3/c26-17(22-13-4-2-1-3-5-13)12-16-18(27)24-20(31-16)23-14-6-8-15(9-7-14)32(28,29)25-19-21-10-11-30-19/h1-11,16H,12H2,(H,21,25)(H,22,26)(H,23,24,27). The molecule has 164 valence electrons. The number of hydrogen-bond donors (Lipinski definition) is 3. The summed E-state index contributed by atoms with van der Waals surface area (Å²) in [6.07, 6.45) is 1.51. The lowest BCUT2D eigenvalue weighted by Gasteiger charge is -2.07. The molecule has 1 fully saturated rings. The van der Waals surface area contributed by atoms with E-state index in [1.165, 1.54) is 41.8 Å². The molecule has 12 heteroatoms. The molecule has 2 amide bonds. The fourth-order valence-electron chi connectivity index (χ4n) is 2.76. The van der Waals surface area contributed by atoms with Crippen molar-refractivity contribution in [3.63, 3.8) is 0 Å². The third kappa shape index (κ3) is 5.52. The molecule has 2 heterocycles. The van der Waals surface area contributed by atoms with Crippen LogP contribution < -0.4 is 15.4 Å². The Kier molecular flexibility index (Phi) is 6.53. The minimum atomic E-state index is -3.75. The summed E-state index contributed by atoms with van der Waals surface area (Å²) >= 11 is 2.34. The maximum absolute atomic E-state index is 12.4. The minimum absolute atomic E-state index is 0.00399. The van der Waals surface area contributed by atoms with Crippen molar-refractivity contribution in [3.05, 3.63) is 66.2 Å². The van der Waals surface area contributed by atoms with Crippen LogP contribution in [-0.4, -0.2) is 35.6 Å². The first kappa shape index (κ1) is 22.0. The number of nitrogens with one attached hydrogen (secondary N) is 3. The number of hydrogen-bond acceptors (Lipinski definition) is 8. The molecule has 0 bridgehead atoms. The number of sulfonamides is 1. The van der Waals surface area contributed by atoms with Crippen LogP contribution in [0.3, 0.4) is 0 Å². The van der Waals surface area contributed by atoms with Crippen LogP contribution >= 0.6 is 23.1 Å². The summed E-state index contributed by atoms with van der Waals surface area (Å²) < 4.78 is 27.2. The highest BCUT2D eigenvalue weighted by atomic mass is 32.2. The van der Waals surface area contributed by atoms with Gasteiger partial charge in [-0.25, -0.2) is 18.4 Å². The second kappa shape index (κ2) is 9.51. The SMILES string of the molecule is O=C(CC1SC(=Nc2ccc(S(=O)(=O)Nc3nccs3)cc2)NC1=O)Nc1ccccc1. The smallest absolute Gasteiger partial charge is 0.263 e. The topological polar surface area (TPSA) is 130 Å². The highest BCUT2D eigenvalue weighted by molar-refractivity contribution is 8.15. The average molecular weight is 488 g/mol. The number of para-hydroxylation sites is 1. The van der Waals surface area contributed by atoms with Gasteiger partial charge in [0.25, 0.3) is 10.0 Å². The number of amides is 2. The predicted molar refractivity (Wildman–Crippen MR) is 126 cm³/mol. The van der Waals surface area contributed by atoms with E-state index in [0.717, 1.165) is 11.8 Å². The summed E-state index contributed by atoms with van der Waals surface area (Å²) in [5, 5.41) is 7.11. The number of benzene rings is 2. The van der Waals surface area contributed by atoms with Crippen LogP contribution in [-0.2, 0) is 19.6 Å². The van der Waals surface area contributed by atoms with E-state index >= 15 is 0 Å². The lowest BCUT2D eigenvalue weighted by atomic mass is 10.2. The zero-order chi connectivity index (χ0) is 22.6. The molecule has 1 atom stereocenters. The Morgan fingerprint density at radius 2 is 1.88 bits per heavy atom. The van der Waals surface area contributed by atoms with E-state index in [1.54, 1.807) is 17.5 Å². The van der Waals surface area contributed by atoms with Crippen molar-refractivity contribution >= 4 is 66.6 Å². The number of aliphatic imine (C=N–C) groups is 1. The second-order valence-corrected chi connectivity index (χ2v) is 10.3. The zero-order valence-electron chi connectivity index (χ0n) is 16.4. The van der Waals surface area contributed by atoms with E-state index in [2.05, 4.69) is 25.3 Å². The number of carbonyl (C=O) groups excluding carboxylic acids is 2. The van der Waals surface area contributed by atoms with Crippen molar-refractivity contribution < 1.29 is 18.0 Å². The Balaban J connectivity index is 1.38. The van der Waals surface area contributed by atoms with Gasteiger partial charge in [0.2, 0.25) is 11.8 Å². The number of aromatic nitrogens is 1. The number of carbonyl (C=O) groups is 2. The summed E-state index contributed by atoms with van der Waals surface area (Å²) in [4.78, 5) is 32.7. The maximum atomic E-state index is 12.4. The molecule has 1 aliphatic rings. The van der Waals surface area contributed by atoms with Gasteiger partial charge in [-0.1, -0.05) is 30.0 Å². The van der Waals surface area contributed by atoms with E-state index in [-0.39, 0.29) is 28.3 Å². The van der Waals surface area contributed by atoms with Crippen LogP contribution in [0.5, 0.6) is 0 Å². The van der Waals surface area contributed by atoms with E-state index in [4.69, 9.17) is 0 Å². The Hall–Kier alpha value is -3.22. The third-order valence-electron chi connectivity index (χ3n) is 4.24. The van der Waals surface area contributed by atoms with Crippen LogP contribution in [0.4, 0.5) is 16.5 Å². The van der Waals surface area contributed by atoms with E-state index in [9.17, 15) is 18.0 Å². The number of amidine groups is 1. The summed E-state index contributed by atoms with van der Waals surface area (Å²) in [5.74, 6) is -0.573. The third-order valence-corrected chi connectivity index (χ3v) is 7.49. The molecule has 1 aromatic heterocycles. The van der Waals surface area contributed by atoms with E-state index in [1.807, 2.05) is 18.2 Å². The highest BCUT2D eigenvalue weighted by Crippen LogP contribution is 2.26. The predicted octanol–water partition coefficient (Wildman–Crippen LogP) is 3.19. The molecule has 9 nitrogen and oxygen atoms in total. The van der Waals surface area contributed by atoms with Gasteiger partial charge in [-0.2, -0.15) is 0 Å². The highest BCUT2D eigenvalue weighted by Gasteiger charge is 2.32. The van der Waals surface area contributed by atoms with Gasteiger partial charge in [-0.3, -0.25) is 14.3 Å². The first-order valence-electron chi connectivity index (χ1n) is 9.32. The molecule has 0 radical (unpaired) electrons. The van der Waals surface area contributed by atoms with Gasteiger partial charge in [0.15, 0.2) is 10.3 Å². The molecule has 2 aromatic carbocycles. The lowest BCUT2D eigenvalue weighted by molar-refractivity contribution is -0.122. The monoisotopic (exact) mass is 487 g/mol. The molecule has 3 aromatic rings. The van der Waals surface area contributed by atoms with Gasteiger partial charge < -0.3 is 10.6 Å². The van der Waals surface area contributed by atoms with Crippen molar-refractivity contribution in [2.24, 2.45) is 4.99 Å². The number of anilines is 2. The fourth-order valence-corrected chi connectivity index (χ4v) is 5.54. The van der Waals surface area contributed by atoms with Gasteiger partial charge >= 0.3 is 0 Å². The fraction of sp³-hybridized carbons (Fsp3) is 0.100. The number of thioether (sulfide) groups is 1. The molecule has 0 spiro atoms. The maximum Gasteiger partial charge on any atom is 0.263 e. The number of rotatable bonds is 7. The lowest BCUT2D eigenvalue weighted by Crippen LogP contribution is -2.28. The van der Waals surface area contributed by atoms with Crippen LogP contribution in [0.15, 0.2) is 76.1 Å². The molecule has 0 aliphatic carbocycles. The van der Waals surface area contributed by atoms with Crippen LogP contribution in [0.1, 0.15) is 6.42 Å². The first-order chi connectivity index (χ1) is 15.4. The molecule has 1 unspecified atom stereocenters. The molecular weight excluding hydrogens is 470 g/mol. The van der Waals surface area contributed by atoms with E-state index in [0.29, 0.717) is 16.5 Å². The summed E-state index contributed by atoms with van der Waals surface area (Å²) in [6.45, 7) is 0. The Morgan fingerprint density at radius 1 is 1.12 bits per heavy atom. The molecule has 0 saturated carbocycles. The van der Waals surface area contributed by atoms with Crippen LogP contribution in [0.2, 0.25) is 0 Å². The molecule has 32 heavy (non-hydrogen) atoms. The summed E-state index contributed by atoms with van der Waals surface area (Å²) in [6, 6.07) is 14.9. The molecule has 1 aliphatic heterocycles. The van der Waals surface area contributed by atoms with Crippen LogP contribution in [0, 0.1) is 0 Å². The van der Waals surface area contributed by atoms with Crippen LogP contribution in [0.25, 0.3) is 0 Å². The van der Waals surface area contributed by atoms with Crippen molar-refractivity contribution in [1.82, 2.24) is 10.3 Å². The van der Waals surface area contributed by atoms with Gasteiger partial charge in [0.05, 0.1) is 10.6 Å². The molecule has 3 N–H and O–H groups in total. The number of thiazole rings is 1. The van der Waals surface area contributed by atoms with Gasteiger partial charge in [0.1, 0.15) is 5.25 Å². The van der Waals surface area contributed by atoms with Crippen molar-refractivity contribution in [2.45, 2.75) is 16.6 Å². The normalized spacial score (nSPS) is 17.2. The van der Waals surface area contributed by atoms with Crippen molar-refractivity contribution in [1.29, 1.82) is 0 Å². The van der Waals surface area contributed by atoms with Gasteiger partial charge in [0, 0.05) is 23.7 Å². The van der Waals surface area contributed by atoms with Gasteiger partial charge in [-0.05, 0) is 36.4 Å². The summed E-state index contributed by atoms with van der Waals surface area (Å²) in [5.41, 5.74) is 1.13. The van der Waals surface area contributed by atoms with E-state index < -0.39 is 15.3 Å². The average Bonchev–Trinajstić information content (AvgIpc) is 3.38. The molecular formula is C20H17N5O4S3. The summed E-state index contributed by atoms with van der Waals surface area (Å²) in [7, 11) is -3.75. The first-order valence-corrected chi connectivity index (χ1v) is 12.6.